The van der Waals surface area contributed by atoms with E-state index in [2.05, 4.69) is 154 Å². The van der Waals surface area contributed by atoms with Crippen LogP contribution < -0.4 is 0 Å². The predicted molar refractivity (Wildman–Crippen MR) is 473 cm³/mol. The van der Waals surface area contributed by atoms with E-state index in [0.717, 1.165) is 148 Å². The third kappa shape index (κ3) is 88.3. The Labute approximate surface area is 690 Å². The first-order chi connectivity index (χ1) is 55.2. The van der Waals surface area contributed by atoms with Crippen LogP contribution in [0.5, 0.6) is 0 Å². The van der Waals surface area contributed by atoms with Gasteiger partial charge in [-0.2, -0.15) is 0 Å². The number of carbonyl (C=O) groups is 3. The van der Waals surface area contributed by atoms with Crippen molar-refractivity contribution in [2.45, 2.75) is 411 Å². The van der Waals surface area contributed by atoms with Crippen molar-refractivity contribution < 1.29 is 75.8 Å². The van der Waals surface area contributed by atoms with Crippen LogP contribution in [0, 0.1) is 0 Å². The third-order valence-corrected chi connectivity index (χ3v) is 21.2. The fourth-order valence-electron chi connectivity index (χ4n) is 12.4. The van der Waals surface area contributed by atoms with Gasteiger partial charge < -0.3 is 34.2 Å². The van der Waals surface area contributed by atoms with E-state index >= 15 is 0 Å². The number of ether oxygens (including phenoxy) is 3. The highest BCUT2D eigenvalue weighted by Gasteiger charge is 2.29. The summed E-state index contributed by atoms with van der Waals surface area (Å²) in [5.41, 5.74) is 0. The summed E-state index contributed by atoms with van der Waals surface area (Å²) in [6.45, 7) is 2.55. The lowest BCUT2D eigenvalue weighted by molar-refractivity contribution is -0.161. The normalized spacial score (nSPS) is 14.4. The van der Waals surface area contributed by atoms with E-state index in [4.69, 9.17) is 32.3 Å². The molecular formula is C95H166O16P2. The van der Waals surface area contributed by atoms with Crippen LogP contribution in [0.15, 0.2) is 134 Å². The number of carbonyl (C=O) groups excluding carboxylic acids is 3. The fraction of sp³-hybridized carbons (Fsp3) is 0.737. The molecular weight excluding hydrogens is 1460 g/mol. The molecule has 113 heavy (non-hydrogen) atoms. The summed E-state index contributed by atoms with van der Waals surface area (Å²) < 4.78 is 61.4. The zero-order valence-electron chi connectivity index (χ0n) is 71.8. The summed E-state index contributed by atoms with van der Waals surface area (Å²) in [7, 11) is -9.80. The van der Waals surface area contributed by atoms with Gasteiger partial charge >= 0.3 is 33.6 Å². The molecule has 0 rings (SSSR count). The first kappa shape index (κ1) is 109. The van der Waals surface area contributed by atoms with E-state index in [-0.39, 0.29) is 19.3 Å². The monoisotopic (exact) mass is 1630 g/mol. The average Bonchev–Trinajstić information content (AvgIpc) is 0.899. The molecule has 0 aliphatic rings. The van der Waals surface area contributed by atoms with Gasteiger partial charge in [0.05, 0.1) is 26.4 Å². The van der Waals surface area contributed by atoms with Crippen molar-refractivity contribution in [3.63, 3.8) is 0 Å². The molecule has 0 aliphatic heterocycles. The quantitative estimate of drug-likeness (QED) is 0.0146. The minimum Gasteiger partial charge on any atom is -0.463 e. The Kier molecular flexibility index (Phi) is 83.7. The van der Waals surface area contributed by atoms with Crippen LogP contribution in [-0.4, -0.2) is 95.9 Å². The van der Waals surface area contributed by atoms with Crippen molar-refractivity contribution in [2.75, 3.05) is 39.6 Å². The van der Waals surface area contributed by atoms with Crippen molar-refractivity contribution in [3.05, 3.63) is 134 Å². The maximum atomic E-state index is 13.0. The van der Waals surface area contributed by atoms with Gasteiger partial charge in [0.15, 0.2) is 6.10 Å². The zero-order valence-corrected chi connectivity index (χ0v) is 73.6. The van der Waals surface area contributed by atoms with Crippen LogP contribution >= 0.6 is 15.6 Å². The van der Waals surface area contributed by atoms with E-state index < -0.39 is 91.5 Å². The Morgan fingerprint density at radius 2 is 0.469 bits per heavy atom. The second-order valence-electron chi connectivity index (χ2n) is 30.4. The van der Waals surface area contributed by atoms with Gasteiger partial charge in [-0.05, 0) is 141 Å². The zero-order chi connectivity index (χ0) is 82.2. The van der Waals surface area contributed by atoms with Gasteiger partial charge in [0.2, 0.25) is 0 Å². The highest BCUT2D eigenvalue weighted by atomic mass is 31.2. The van der Waals surface area contributed by atoms with Gasteiger partial charge in [0, 0.05) is 19.3 Å². The number of hydrogen-bond donors (Lipinski definition) is 4. The highest BCUT2D eigenvalue weighted by Crippen LogP contribution is 2.45. The van der Waals surface area contributed by atoms with E-state index in [1.54, 1.807) is 0 Å². The molecule has 0 heterocycles. The number of aliphatic hydroxyl groups is 2. The topological polar surface area (TPSA) is 231 Å². The van der Waals surface area contributed by atoms with Gasteiger partial charge in [-0.25, -0.2) is 9.13 Å². The molecule has 5 unspecified atom stereocenters. The molecule has 0 amide bonds. The molecule has 0 aromatic heterocycles. The number of allylic oxidation sites excluding steroid dienone is 22. The molecule has 5 atom stereocenters. The van der Waals surface area contributed by atoms with Crippen LogP contribution in [0.2, 0.25) is 0 Å². The van der Waals surface area contributed by atoms with Crippen LogP contribution in [0.4, 0.5) is 0 Å². The number of aliphatic hydroxyl groups excluding tert-OH is 2. The SMILES string of the molecule is CC/C=C\C/C=C\C/C=C\C/C=C\C/C=C\CCCCCCCCCCCCCCCC(=O)OCC(COP(=O)(O)OCC(O)COP(=O)(O)OCC(O)COC(=O)CCCCCCCCCCCCCCCCCCC/C=C\C/C=C\C/C=C\C/C=C\CCCCC)OC(=O)CCCCCCC/C=C\C/C=C\CCCCC. The maximum absolute atomic E-state index is 13.0. The largest absolute Gasteiger partial charge is 0.472 e. The van der Waals surface area contributed by atoms with Gasteiger partial charge in [-0.15, -0.1) is 0 Å². The van der Waals surface area contributed by atoms with Crippen molar-refractivity contribution in [3.8, 4) is 0 Å². The first-order valence-corrected chi connectivity index (χ1v) is 48.5. The summed E-state index contributed by atoms with van der Waals surface area (Å²) >= 11 is 0. The first-order valence-electron chi connectivity index (χ1n) is 45.5. The van der Waals surface area contributed by atoms with Crippen LogP contribution in [0.25, 0.3) is 0 Å². The molecule has 0 aliphatic carbocycles. The lowest BCUT2D eigenvalue weighted by Gasteiger charge is -2.21. The lowest BCUT2D eigenvalue weighted by atomic mass is 10.0. The molecule has 0 saturated carbocycles. The summed E-state index contributed by atoms with van der Waals surface area (Å²) in [5, 5.41) is 20.7. The molecule has 0 spiro atoms. The Morgan fingerprint density at radius 3 is 0.743 bits per heavy atom. The number of rotatable bonds is 86. The lowest BCUT2D eigenvalue weighted by Crippen LogP contribution is -2.30. The average molecular weight is 1630 g/mol. The number of hydrogen-bond acceptors (Lipinski definition) is 14. The molecule has 652 valence electrons. The Bertz CT molecular complexity index is 2580. The number of phosphoric acid groups is 2. The van der Waals surface area contributed by atoms with Crippen molar-refractivity contribution in [2.24, 2.45) is 0 Å². The number of phosphoric ester groups is 2. The van der Waals surface area contributed by atoms with Crippen molar-refractivity contribution >= 4 is 33.6 Å². The van der Waals surface area contributed by atoms with Crippen LogP contribution in [0.3, 0.4) is 0 Å². The van der Waals surface area contributed by atoms with Crippen molar-refractivity contribution in [1.82, 2.24) is 0 Å². The molecule has 0 aromatic carbocycles. The maximum Gasteiger partial charge on any atom is 0.472 e. The summed E-state index contributed by atoms with van der Waals surface area (Å²) in [5.74, 6) is -1.58. The Balaban J connectivity index is 4.45. The highest BCUT2D eigenvalue weighted by molar-refractivity contribution is 7.47. The summed E-state index contributed by atoms with van der Waals surface area (Å²) in [6.07, 6.45) is 108. The second-order valence-corrected chi connectivity index (χ2v) is 33.3. The summed E-state index contributed by atoms with van der Waals surface area (Å²) in [6, 6.07) is 0. The molecule has 0 radical (unpaired) electrons. The number of unbranched alkanes of at least 4 members (excludes halogenated alkanes) is 41. The Morgan fingerprint density at radius 1 is 0.257 bits per heavy atom. The van der Waals surface area contributed by atoms with Gasteiger partial charge in [-0.1, -0.05) is 366 Å². The van der Waals surface area contributed by atoms with Crippen molar-refractivity contribution in [1.29, 1.82) is 0 Å². The second kappa shape index (κ2) is 87.0. The molecule has 16 nitrogen and oxygen atoms in total. The Hall–Kier alpha value is -4.31. The molecule has 4 N–H and O–H groups in total. The van der Waals surface area contributed by atoms with E-state index in [0.29, 0.717) is 19.3 Å². The minimum atomic E-state index is -4.94. The molecule has 0 fully saturated rings. The molecule has 0 bridgehead atoms. The van der Waals surface area contributed by atoms with E-state index in [9.17, 15) is 43.5 Å². The number of esters is 3. The van der Waals surface area contributed by atoms with E-state index in [1.807, 2.05) is 0 Å². The van der Waals surface area contributed by atoms with Gasteiger partial charge in [0.25, 0.3) is 0 Å². The fourth-order valence-corrected chi connectivity index (χ4v) is 14.0. The molecule has 0 saturated heterocycles. The summed E-state index contributed by atoms with van der Waals surface area (Å²) in [4.78, 5) is 58.9. The third-order valence-electron chi connectivity index (χ3n) is 19.3. The van der Waals surface area contributed by atoms with Gasteiger partial charge in [0.1, 0.15) is 25.4 Å². The smallest absolute Gasteiger partial charge is 0.463 e. The van der Waals surface area contributed by atoms with Gasteiger partial charge in [-0.3, -0.25) is 32.5 Å². The standard InChI is InChI=1S/C95H166O16P2/c1-4-7-10-13-16-19-22-25-28-30-32-34-36-38-40-42-43-44-45-47-49-50-52-54-56-58-61-63-66-69-72-75-78-81-93(98)105-84-90(96)85-107-112(101,102)108-86-91(97)87-109-113(103,104)110-89-92(111-95(100)83-80-77-74-71-68-65-60-27-24-21-18-15-12-9-6-3)88-106-94(99)82-79-76-73-70-67-64-62-59-57-55-53-51-48-46-41-39-37-35-33-31-29-26-23-20-17-14-11-8-5-2/h8,11,16-21,25-29,32-35,38-41,60,90-92,96-97H,4-7,9-10,12-15,22-24,30-31,36-37,42-59,61-89H2,1-3H3,(H,101,102)(H,103,104)/b11-8-,19-16-,20-17-,21-18-,28-25-,29-26-,34-32-,35-33-,40-38-,41-39-,60-27-. The minimum absolute atomic E-state index is 0.0877. The van der Waals surface area contributed by atoms with E-state index in [1.165, 1.54) is 186 Å². The predicted octanol–water partition coefficient (Wildman–Crippen LogP) is 27.8. The molecule has 18 heteroatoms. The van der Waals surface area contributed by atoms with Crippen LogP contribution in [-0.2, 0) is 55.8 Å². The molecule has 0 aromatic rings. The van der Waals surface area contributed by atoms with Crippen LogP contribution in [0.1, 0.15) is 393 Å².